The lowest BCUT2D eigenvalue weighted by molar-refractivity contribution is -0.105. The van der Waals surface area contributed by atoms with E-state index in [2.05, 4.69) is 10.3 Å². The maximum Gasteiger partial charge on any atom is 0.211 e. The summed E-state index contributed by atoms with van der Waals surface area (Å²) in [6.45, 7) is 3.69. The predicted octanol–water partition coefficient (Wildman–Crippen LogP) is 2.54. The lowest BCUT2D eigenvalue weighted by Crippen LogP contribution is -1.97. The number of ether oxygens (including phenoxy) is 1. The first kappa shape index (κ1) is 12.2. The number of methoxy groups -OCH3 is 1. The highest BCUT2D eigenvalue weighted by molar-refractivity contribution is 5.78. The summed E-state index contributed by atoms with van der Waals surface area (Å²) in [4.78, 5) is 14.7. The van der Waals surface area contributed by atoms with Gasteiger partial charge in [-0.25, -0.2) is 4.98 Å². The molecule has 2 rings (SSSR count). The second-order valence-corrected chi connectivity index (χ2v) is 3.82. The van der Waals surface area contributed by atoms with Crippen LogP contribution in [0.4, 0.5) is 5.69 Å². The highest BCUT2D eigenvalue weighted by atomic mass is 16.5. The molecule has 0 saturated heterocycles. The van der Waals surface area contributed by atoms with Gasteiger partial charge in [-0.05, 0) is 25.1 Å². The number of rotatable bonds is 4. The van der Waals surface area contributed by atoms with Crippen molar-refractivity contribution in [3.8, 4) is 17.1 Å². The number of amides is 1. The molecule has 1 aromatic carbocycles. The number of benzene rings is 1. The second-order valence-electron chi connectivity index (χ2n) is 3.82. The van der Waals surface area contributed by atoms with E-state index in [1.807, 2.05) is 13.0 Å². The van der Waals surface area contributed by atoms with Gasteiger partial charge in [0.1, 0.15) is 5.75 Å². The van der Waals surface area contributed by atoms with E-state index in [1.54, 1.807) is 26.2 Å². The number of carbonyl (C=O) groups is 1. The molecule has 18 heavy (non-hydrogen) atoms. The summed E-state index contributed by atoms with van der Waals surface area (Å²) >= 11 is 0. The van der Waals surface area contributed by atoms with E-state index in [-0.39, 0.29) is 0 Å². The predicted molar refractivity (Wildman–Crippen MR) is 67.7 cm³/mol. The fourth-order valence-corrected chi connectivity index (χ4v) is 1.81. The van der Waals surface area contributed by atoms with Gasteiger partial charge in [0.2, 0.25) is 6.41 Å². The Balaban J connectivity index is 2.47. The van der Waals surface area contributed by atoms with Crippen molar-refractivity contribution in [2.45, 2.75) is 13.8 Å². The molecule has 0 saturated carbocycles. The van der Waals surface area contributed by atoms with Crippen LogP contribution in [-0.4, -0.2) is 18.5 Å². The quantitative estimate of drug-likeness (QED) is 0.842. The number of hydrogen-bond donors (Lipinski definition) is 1. The highest BCUT2D eigenvalue weighted by Gasteiger charge is 2.12. The maximum atomic E-state index is 10.5. The van der Waals surface area contributed by atoms with Crippen molar-refractivity contribution >= 4 is 12.1 Å². The van der Waals surface area contributed by atoms with Gasteiger partial charge in [0.25, 0.3) is 0 Å². The van der Waals surface area contributed by atoms with E-state index in [9.17, 15) is 4.79 Å². The Hall–Kier alpha value is -2.30. The summed E-state index contributed by atoms with van der Waals surface area (Å²) in [5, 5.41) is 2.57. The van der Waals surface area contributed by atoms with Crippen molar-refractivity contribution in [1.82, 2.24) is 4.98 Å². The molecule has 0 unspecified atom stereocenters. The van der Waals surface area contributed by atoms with Crippen LogP contribution in [0.2, 0.25) is 0 Å². The number of anilines is 1. The van der Waals surface area contributed by atoms with Crippen LogP contribution in [0.25, 0.3) is 11.3 Å². The third kappa shape index (κ3) is 2.20. The monoisotopic (exact) mass is 246 g/mol. The summed E-state index contributed by atoms with van der Waals surface area (Å²) in [5.41, 5.74) is 2.30. The number of oxazole rings is 1. The lowest BCUT2D eigenvalue weighted by Gasteiger charge is -2.08. The number of nitrogens with one attached hydrogen (secondary N) is 1. The Morgan fingerprint density at radius 3 is 2.72 bits per heavy atom. The Kier molecular flexibility index (Phi) is 3.32. The van der Waals surface area contributed by atoms with E-state index in [0.29, 0.717) is 29.5 Å². The van der Waals surface area contributed by atoms with Gasteiger partial charge >= 0.3 is 0 Å². The van der Waals surface area contributed by atoms with Gasteiger partial charge in [-0.2, -0.15) is 0 Å². The summed E-state index contributed by atoms with van der Waals surface area (Å²) < 4.78 is 10.8. The van der Waals surface area contributed by atoms with Crippen LogP contribution in [0.1, 0.15) is 11.6 Å². The maximum absolute atomic E-state index is 10.5. The number of carbonyl (C=O) groups excluding carboxylic acids is 1. The van der Waals surface area contributed by atoms with Gasteiger partial charge in [-0.15, -0.1) is 0 Å². The molecule has 0 spiro atoms. The van der Waals surface area contributed by atoms with Crippen molar-refractivity contribution in [1.29, 1.82) is 0 Å². The molecule has 1 N–H and O–H groups in total. The normalized spacial score (nSPS) is 10.2. The van der Waals surface area contributed by atoms with Crippen LogP contribution >= 0.6 is 0 Å². The smallest absolute Gasteiger partial charge is 0.211 e. The molecule has 1 aromatic heterocycles. The molecule has 1 amide bonds. The van der Waals surface area contributed by atoms with E-state index >= 15 is 0 Å². The molecule has 94 valence electrons. The Morgan fingerprint density at radius 2 is 2.17 bits per heavy atom. The van der Waals surface area contributed by atoms with E-state index < -0.39 is 0 Å². The molecule has 0 radical (unpaired) electrons. The molecule has 5 heteroatoms. The van der Waals surface area contributed by atoms with Crippen molar-refractivity contribution < 1.29 is 13.9 Å². The molecular formula is C13H14N2O3. The molecule has 2 aromatic rings. The molecule has 0 aliphatic rings. The lowest BCUT2D eigenvalue weighted by atomic mass is 10.1. The molecular weight excluding hydrogens is 232 g/mol. The van der Waals surface area contributed by atoms with E-state index in [4.69, 9.17) is 9.15 Å². The van der Waals surface area contributed by atoms with Crippen LogP contribution in [-0.2, 0) is 4.79 Å². The Labute approximate surface area is 105 Å². The Bertz CT molecular complexity index is 576. The van der Waals surface area contributed by atoms with Crippen molar-refractivity contribution in [2.24, 2.45) is 0 Å². The summed E-state index contributed by atoms with van der Waals surface area (Å²) in [6, 6.07) is 5.42. The van der Waals surface area contributed by atoms with Gasteiger partial charge in [-0.3, -0.25) is 4.79 Å². The summed E-state index contributed by atoms with van der Waals surface area (Å²) in [5.74, 6) is 1.91. The average molecular weight is 246 g/mol. The minimum Gasteiger partial charge on any atom is -0.495 e. The van der Waals surface area contributed by atoms with Crippen LogP contribution in [0.3, 0.4) is 0 Å². The zero-order chi connectivity index (χ0) is 13.1. The van der Waals surface area contributed by atoms with Crippen molar-refractivity contribution in [3.63, 3.8) is 0 Å². The molecule has 0 atom stereocenters. The summed E-state index contributed by atoms with van der Waals surface area (Å²) in [6.07, 6.45) is 0.612. The number of hydrogen-bond acceptors (Lipinski definition) is 4. The zero-order valence-electron chi connectivity index (χ0n) is 10.5. The number of aromatic nitrogens is 1. The largest absolute Gasteiger partial charge is 0.495 e. The van der Waals surface area contributed by atoms with Crippen molar-refractivity contribution in [2.75, 3.05) is 12.4 Å². The van der Waals surface area contributed by atoms with Gasteiger partial charge in [0.15, 0.2) is 11.7 Å². The van der Waals surface area contributed by atoms with Crippen molar-refractivity contribution in [3.05, 3.63) is 29.8 Å². The SMILES string of the molecule is COc1cc(-c2oc(C)nc2C)ccc1NC=O. The first-order valence-corrected chi connectivity index (χ1v) is 5.48. The first-order chi connectivity index (χ1) is 8.65. The minimum atomic E-state index is 0.577. The number of aryl methyl sites for hydroxylation is 2. The zero-order valence-corrected chi connectivity index (χ0v) is 10.5. The summed E-state index contributed by atoms with van der Waals surface area (Å²) in [7, 11) is 1.55. The second kappa shape index (κ2) is 4.91. The first-order valence-electron chi connectivity index (χ1n) is 5.48. The van der Waals surface area contributed by atoms with Gasteiger partial charge in [0, 0.05) is 12.5 Å². The molecule has 0 aliphatic heterocycles. The van der Waals surface area contributed by atoms with Gasteiger partial charge in [-0.1, -0.05) is 0 Å². The molecule has 0 bridgehead atoms. The fourth-order valence-electron chi connectivity index (χ4n) is 1.81. The van der Waals surface area contributed by atoms with Crippen LogP contribution < -0.4 is 10.1 Å². The topological polar surface area (TPSA) is 64.4 Å². The van der Waals surface area contributed by atoms with E-state index in [1.165, 1.54) is 0 Å². The standard InChI is InChI=1S/C13H14N2O3/c1-8-13(18-9(2)15-8)10-4-5-11(14-7-16)12(6-10)17-3/h4-7H,1-3H3,(H,14,16). The molecule has 1 heterocycles. The minimum absolute atomic E-state index is 0.577. The third-order valence-corrected chi connectivity index (χ3v) is 2.58. The Morgan fingerprint density at radius 1 is 1.39 bits per heavy atom. The fraction of sp³-hybridized carbons (Fsp3) is 0.231. The van der Waals surface area contributed by atoms with Crippen LogP contribution in [0.15, 0.2) is 22.6 Å². The number of nitrogens with zero attached hydrogens (tertiary/aromatic N) is 1. The van der Waals surface area contributed by atoms with Gasteiger partial charge < -0.3 is 14.5 Å². The molecule has 0 aliphatic carbocycles. The van der Waals surface area contributed by atoms with E-state index in [0.717, 1.165) is 11.3 Å². The van der Waals surface area contributed by atoms with Gasteiger partial charge in [0.05, 0.1) is 18.5 Å². The molecule has 5 nitrogen and oxygen atoms in total. The average Bonchev–Trinajstić information content (AvgIpc) is 2.69. The molecule has 0 fully saturated rings. The van der Waals surface area contributed by atoms with Crippen LogP contribution in [0.5, 0.6) is 5.75 Å². The third-order valence-electron chi connectivity index (χ3n) is 2.58. The van der Waals surface area contributed by atoms with Crippen LogP contribution in [0, 0.1) is 13.8 Å². The highest BCUT2D eigenvalue weighted by Crippen LogP contribution is 2.32.